The first-order chi connectivity index (χ1) is 19.0. The Kier molecular flexibility index (Phi) is 10.6. The molecule has 40 heavy (non-hydrogen) atoms. The molecule has 0 unspecified atom stereocenters. The average molecular weight is 586 g/mol. The highest BCUT2D eigenvalue weighted by atomic mass is 35.5. The summed E-state index contributed by atoms with van der Waals surface area (Å²) in [6.45, 7) is 7.44. The van der Waals surface area contributed by atoms with Gasteiger partial charge in [-0.25, -0.2) is 8.42 Å². The Labute approximate surface area is 241 Å². The average Bonchev–Trinajstić information content (AvgIpc) is 2.93. The molecule has 0 aliphatic rings. The lowest BCUT2D eigenvalue weighted by molar-refractivity contribution is -0.139. The van der Waals surface area contributed by atoms with Crippen LogP contribution in [0.4, 0.5) is 5.69 Å². The number of nitrogens with one attached hydrogen (secondary N) is 1. The summed E-state index contributed by atoms with van der Waals surface area (Å²) in [5.74, 6) is -0.489. The smallest absolute Gasteiger partial charge is 0.264 e. The lowest BCUT2D eigenvalue weighted by Crippen LogP contribution is -2.51. The second-order valence-electron chi connectivity index (χ2n) is 9.62. The first kappa shape index (κ1) is 31.0. The van der Waals surface area contributed by atoms with E-state index < -0.39 is 28.5 Å². The Bertz CT molecular complexity index is 1430. The van der Waals surface area contributed by atoms with Gasteiger partial charge in [-0.3, -0.25) is 13.9 Å². The lowest BCUT2D eigenvalue weighted by atomic mass is 10.1. The number of carbonyl (C=O) groups is 2. The number of methoxy groups -OCH3 is 1. The maximum atomic E-state index is 13.9. The van der Waals surface area contributed by atoms with E-state index in [2.05, 4.69) is 5.32 Å². The minimum Gasteiger partial charge on any atom is -0.495 e. The van der Waals surface area contributed by atoms with Crippen molar-refractivity contribution in [2.45, 2.75) is 51.6 Å². The van der Waals surface area contributed by atoms with Gasteiger partial charge in [-0.1, -0.05) is 66.0 Å². The molecule has 0 saturated heterocycles. The molecule has 2 amide bonds. The molecule has 0 spiro atoms. The number of sulfonamides is 1. The highest BCUT2D eigenvalue weighted by Crippen LogP contribution is 2.32. The number of carbonyl (C=O) groups excluding carboxylic acids is 2. The number of hydrogen-bond donors (Lipinski definition) is 1. The summed E-state index contributed by atoms with van der Waals surface area (Å²) in [4.78, 5) is 28.3. The molecule has 3 aromatic rings. The molecule has 0 fully saturated rings. The minimum absolute atomic E-state index is 0.0247. The lowest BCUT2D eigenvalue weighted by Gasteiger charge is -2.32. The summed E-state index contributed by atoms with van der Waals surface area (Å²) in [5.41, 5.74) is 2.96. The topological polar surface area (TPSA) is 96.0 Å². The summed E-state index contributed by atoms with van der Waals surface area (Å²) < 4.78 is 34.1. The van der Waals surface area contributed by atoms with Gasteiger partial charge in [-0.2, -0.15) is 0 Å². The van der Waals surface area contributed by atoms with Crippen molar-refractivity contribution in [1.82, 2.24) is 10.2 Å². The van der Waals surface area contributed by atoms with E-state index in [0.717, 1.165) is 27.4 Å². The third-order valence-corrected chi connectivity index (χ3v) is 8.58. The van der Waals surface area contributed by atoms with Crippen LogP contribution in [0.5, 0.6) is 5.75 Å². The van der Waals surface area contributed by atoms with Gasteiger partial charge in [0.25, 0.3) is 10.0 Å². The summed E-state index contributed by atoms with van der Waals surface area (Å²) >= 11 is 6.36. The fraction of sp³-hybridized carbons (Fsp3) is 0.333. The molecule has 0 radical (unpaired) electrons. The third-order valence-electron chi connectivity index (χ3n) is 6.50. The van der Waals surface area contributed by atoms with Gasteiger partial charge >= 0.3 is 0 Å². The molecular formula is C30H36ClN3O5S. The summed E-state index contributed by atoms with van der Waals surface area (Å²) in [6.07, 6.45) is 0.741. The highest BCUT2D eigenvalue weighted by Gasteiger charge is 2.32. The van der Waals surface area contributed by atoms with E-state index in [1.165, 1.54) is 36.3 Å². The van der Waals surface area contributed by atoms with Crippen molar-refractivity contribution in [3.63, 3.8) is 0 Å². The highest BCUT2D eigenvalue weighted by molar-refractivity contribution is 7.92. The van der Waals surface area contributed by atoms with Crippen molar-refractivity contribution in [2.24, 2.45) is 0 Å². The molecule has 0 bridgehead atoms. The van der Waals surface area contributed by atoms with Crippen LogP contribution in [0.15, 0.2) is 71.6 Å². The number of rotatable bonds is 12. The van der Waals surface area contributed by atoms with Crippen molar-refractivity contribution in [2.75, 3.05) is 24.5 Å². The summed E-state index contributed by atoms with van der Waals surface area (Å²) in [5, 5.41) is 3.03. The number of benzene rings is 3. The van der Waals surface area contributed by atoms with Crippen LogP contribution in [-0.4, -0.2) is 51.4 Å². The molecule has 1 atom stereocenters. The number of ether oxygens (including phenoxy) is 1. The third kappa shape index (κ3) is 7.55. The van der Waals surface area contributed by atoms with Gasteiger partial charge in [-0.05, 0) is 63.1 Å². The summed E-state index contributed by atoms with van der Waals surface area (Å²) in [6, 6.07) is 17.7. The Hall–Kier alpha value is -3.56. The first-order valence-electron chi connectivity index (χ1n) is 13.0. The SMILES string of the molecule is CCCNC(=O)[C@H](C)N(Cc1ccc(C)cc1)C(=O)CN(c1ccc(OC)c(Cl)c1)S(=O)(=O)c1ccc(C)cc1. The van der Waals surface area contributed by atoms with E-state index in [9.17, 15) is 18.0 Å². The van der Waals surface area contributed by atoms with Gasteiger partial charge < -0.3 is 15.0 Å². The van der Waals surface area contributed by atoms with Crippen LogP contribution in [0.1, 0.15) is 37.0 Å². The number of halogens is 1. The van der Waals surface area contributed by atoms with E-state index in [4.69, 9.17) is 16.3 Å². The van der Waals surface area contributed by atoms with E-state index in [0.29, 0.717) is 12.3 Å². The van der Waals surface area contributed by atoms with Crippen LogP contribution in [0.3, 0.4) is 0 Å². The van der Waals surface area contributed by atoms with Gasteiger partial charge in [0.15, 0.2) is 0 Å². The second-order valence-corrected chi connectivity index (χ2v) is 11.9. The van der Waals surface area contributed by atoms with Gasteiger partial charge in [0, 0.05) is 13.1 Å². The zero-order valence-corrected chi connectivity index (χ0v) is 25.1. The van der Waals surface area contributed by atoms with Crippen LogP contribution in [0, 0.1) is 13.8 Å². The minimum atomic E-state index is -4.19. The molecular weight excluding hydrogens is 550 g/mol. The quantitative estimate of drug-likeness (QED) is 0.319. The van der Waals surface area contributed by atoms with Crippen molar-refractivity contribution < 1.29 is 22.7 Å². The molecule has 3 rings (SSSR count). The standard InChI is InChI=1S/C30H36ClN3O5S/c1-6-17-32-30(36)23(4)33(19-24-11-7-21(2)8-12-24)29(35)20-34(25-13-16-28(39-5)27(31)18-25)40(37,38)26-14-9-22(3)10-15-26/h7-16,18,23H,6,17,19-20H2,1-5H3,(H,32,36)/t23-/m0/s1. The van der Waals surface area contributed by atoms with Crippen LogP contribution in [-0.2, 0) is 26.2 Å². The normalized spacial score (nSPS) is 11.9. The van der Waals surface area contributed by atoms with E-state index in [1.54, 1.807) is 25.1 Å². The Morgan fingerprint density at radius 1 is 0.975 bits per heavy atom. The predicted octanol–water partition coefficient (Wildman–Crippen LogP) is 5.10. The first-order valence-corrected chi connectivity index (χ1v) is 14.9. The Balaban J connectivity index is 2.05. The zero-order valence-electron chi connectivity index (χ0n) is 23.5. The molecule has 0 heterocycles. The Morgan fingerprint density at radius 3 is 2.12 bits per heavy atom. The van der Waals surface area contributed by atoms with Gasteiger partial charge in [-0.15, -0.1) is 0 Å². The fourth-order valence-electron chi connectivity index (χ4n) is 4.05. The molecule has 10 heteroatoms. The number of anilines is 1. The molecule has 0 aromatic heterocycles. The fourth-order valence-corrected chi connectivity index (χ4v) is 5.70. The van der Waals surface area contributed by atoms with Crippen LogP contribution < -0.4 is 14.4 Å². The van der Waals surface area contributed by atoms with Crippen molar-refractivity contribution in [3.05, 3.63) is 88.4 Å². The molecule has 0 aliphatic heterocycles. The van der Waals surface area contributed by atoms with E-state index >= 15 is 0 Å². The van der Waals surface area contributed by atoms with Gasteiger partial charge in [0.05, 0.1) is 22.7 Å². The largest absolute Gasteiger partial charge is 0.495 e. The van der Waals surface area contributed by atoms with E-state index in [1.807, 2.05) is 45.0 Å². The predicted molar refractivity (Wildman–Crippen MR) is 158 cm³/mol. The molecule has 214 valence electrons. The van der Waals surface area contributed by atoms with Crippen molar-refractivity contribution in [1.29, 1.82) is 0 Å². The molecule has 0 aliphatic carbocycles. The maximum Gasteiger partial charge on any atom is 0.264 e. The van der Waals surface area contributed by atoms with Crippen molar-refractivity contribution >= 4 is 39.1 Å². The zero-order chi connectivity index (χ0) is 29.4. The van der Waals surface area contributed by atoms with Gasteiger partial charge in [0.2, 0.25) is 11.8 Å². The summed E-state index contributed by atoms with van der Waals surface area (Å²) in [7, 11) is -2.73. The maximum absolute atomic E-state index is 13.9. The van der Waals surface area contributed by atoms with Gasteiger partial charge in [0.1, 0.15) is 18.3 Å². The second kappa shape index (κ2) is 13.7. The molecule has 8 nitrogen and oxygen atoms in total. The number of amides is 2. The molecule has 3 aromatic carbocycles. The number of hydrogen-bond acceptors (Lipinski definition) is 5. The van der Waals surface area contributed by atoms with Crippen LogP contribution in [0.2, 0.25) is 5.02 Å². The molecule has 1 N–H and O–H groups in total. The van der Waals surface area contributed by atoms with Crippen LogP contribution >= 0.6 is 11.6 Å². The van der Waals surface area contributed by atoms with Crippen molar-refractivity contribution in [3.8, 4) is 5.75 Å². The van der Waals surface area contributed by atoms with E-state index in [-0.39, 0.29) is 28.1 Å². The Morgan fingerprint density at radius 2 is 1.57 bits per heavy atom. The number of aryl methyl sites for hydroxylation is 2. The monoisotopic (exact) mass is 585 g/mol. The molecule has 0 saturated carbocycles. The number of nitrogens with zero attached hydrogens (tertiary/aromatic N) is 2. The van der Waals surface area contributed by atoms with Crippen LogP contribution in [0.25, 0.3) is 0 Å².